The van der Waals surface area contributed by atoms with Crippen LogP contribution in [0.2, 0.25) is 0 Å². The lowest BCUT2D eigenvalue weighted by Crippen LogP contribution is -2.05. The summed E-state index contributed by atoms with van der Waals surface area (Å²) < 4.78 is 26.6. The van der Waals surface area contributed by atoms with Gasteiger partial charge in [0.15, 0.2) is 5.82 Å². The quantitative estimate of drug-likeness (QED) is 0.666. The Morgan fingerprint density at radius 1 is 1.25 bits per heavy atom. The van der Waals surface area contributed by atoms with E-state index < -0.39 is 22.2 Å². The standard InChI is InChI=1S/C13H10F2N2O3/c14-9-4-5-12(18)8(6-9)7-16-13-10(15)2-1-3-11(13)17(19)20/h1-6,16,18H,7H2. The van der Waals surface area contributed by atoms with Crippen molar-refractivity contribution in [1.29, 1.82) is 0 Å². The zero-order chi connectivity index (χ0) is 14.7. The van der Waals surface area contributed by atoms with Crippen LogP contribution in [-0.4, -0.2) is 10.0 Å². The third-order valence-electron chi connectivity index (χ3n) is 2.69. The van der Waals surface area contributed by atoms with Crippen LogP contribution in [0.5, 0.6) is 5.75 Å². The van der Waals surface area contributed by atoms with Crippen LogP contribution >= 0.6 is 0 Å². The Labute approximate surface area is 112 Å². The predicted octanol–water partition coefficient (Wildman–Crippen LogP) is 3.19. The van der Waals surface area contributed by atoms with Crippen LogP contribution in [0.4, 0.5) is 20.2 Å². The van der Waals surface area contributed by atoms with E-state index in [0.29, 0.717) is 0 Å². The third kappa shape index (κ3) is 2.82. The van der Waals surface area contributed by atoms with Gasteiger partial charge in [-0.05, 0) is 24.3 Å². The van der Waals surface area contributed by atoms with E-state index in [0.717, 1.165) is 30.3 Å². The molecule has 104 valence electrons. The fraction of sp³-hybridized carbons (Fsp3) is 0.0769. The summed E-state index contributed by atoms with van der Waals surface area (Å²) in [6.07, 6.45) is 0. The van der Waals surface area contributed by atoms with E-state index in [9.17, 15) is 24.0 Å². The fourth-order valence-corrected chi connectivity index (χ4v) is 1.72. The highest BCUT2D eigenvalue weighted by molar-refractivity contribution is 5.62. The number of para-hydroxylation sites is 1. The number of nitro groups is 1. The molecule has 0 fully saturated rings. The first-order valence-electron chi connectivity index (χ1n) is 5.63. The molecule has 0 aliphatic carbocycles. The maximum Gasteiger partial charge on any atom is 0.295 e. The SMILES string of the molecule is O=[N+]([O-])c1cccc(F)c1NCc1cc(F)ccc1O. The highest BCUT2D eigenvalue weighted by Crippen LogP contribution is 2.28. The van der Waals surface area contributed by atoms with Crippen molar-refractivity contribution >= 4 is 11.4 Å². The summed E-state index contributed by atoms with van der Waals surface area (Å²) in [4.78, 5) is 10.1. The first-order valence-corrected chi connectivity index (χ1v) is 5.63. The molecule has 2 rings (SSSR count). The number of hydrogen-bond donors (Lipinski definition) is 2. The van der Waals surface area contributed by atoms with Gasteiger partial charge in [0.05, 0.1) is 4.92 Å². The second kappa shape index (κ2) is 5.52. The topological polar surface area (TPSA) is 75.4 Å². The molecule has 0 unspecified atom stereocenters. The van der Waals surface area contributed by atoms with Gasteiger partial charge in [0, 0.05) is 18.2 Å². The Morgan fingerprint density at radius 2 is 2.00 bits per heavy atom. The molecule has 0 aromatic heterocycles. The Bertz CT molecular complexity index is 662. The van der Waals surface area contributed by atoms with Crippen molar-refractivity contribution in [1.82, 2.24) is 0 Å². The van der Waals surface area contributed by atoms with Crippen LogP contribution < -0.4 is 5.32 Å². The van der Waals surface area contributed by atoms with Crippen molar-refractivity contribution in [3.63, 3.8) is 0 Å². The van der Waals surface area contributed by atoms with E-state index in [4.69, 9.17) is 0 Å². The third-order valence-corrected chi connectivity index (χ3v) is 2.69. The molecule has 0 heterocycles. The fourth-order valence-electron chi connectivity index (χ4n) is 1.72. The molecule has 0 saturated carbocycles. The average molecular weight is 280 g/mol. The van der Waals surface area contributed by atoms with Crippen LogP contribution in [0.3, 0.4) is 0 Å². The number of halogens is 2. The number of hydrogen-bond acceptors (Lipinski definition) is 4. The molecule has 5 nitrogen and oxygen atoms in total. The van der Waals surface area contributed by atoms with Gasteiger partial charge in [-0.15, -0.1) is 0 Å². The van der Waals surface area contributed by atoms with E-state index in [1.165, 1.54) is 6.07 Å². The average Bonchev–Trinajstić information content (AvgIpc) is 2.40. The van der Waals surface area contributed by atoms with Crippen LogP contribution in [-0.2, 0) is 6.54 Å². The van der Waals surface area contributed by atoms with Gasteiger partial charge in [-0.3, -0.25) is 10.1 Å². The van der Waals surface area contributed by atoms with E-state index >= 15 is 0 Å². The van der Waals surface area contributed by atoms with Gasteiger partial charge < -0.3 is 10.4 Å². The number of rotatable bonds is 4. The predicted molar refractivity (Wildman–Crippen MR) is 68.4 cm³/mol. The normalized spacial score (nSPS) is 10.3. The number of phenolic OH excluding ortho intramolecular Hbond substituents is 1. The summed E-state index contributed by atoms with van der Waals surface area (Å²) in [5, 5.41) is 22.8. The molecule has 2 N–H and O–H groups in total. The van der Waals surface area contributed by atoms with Crippen molar-refractivity contribution in [3.05, 3.63) is 63.7 Å². The zero-order valence-electron chi connectivity index (χ0n) is 10.1. The minimum absolute atomic E-state index is 0.147. The van der Waals surface area contributed by atoms with Gasteiger partial charge in [0.1, 0.15) is 17.3 Å². The van der Waals surface area contributed by atoms with Crippen LogP contribution in [0.1, 0.15) is 5.56 Å². The minimum Gasteiger partial charge on any atom is -0.508 e. The number of benzene rings is 2. The van der Waals surface area contributed by atoms with Gasteiger partial charge in [-0.1, -0.05) is 6.07 Å². The lowest BCUT2D eigenvalue weighted by atomic mass is 10.2. The minimum atomic E-state index is -0.796. The Balaban J connectivity index is 2.27. The van der Waals surface area contributed by atoms with E-state index in [-0.39, 0.29) is 23.5 Å². The number of phenols is 1. The molecule has 7 heteroatoms. The van der Waals surface area contributed by atoms with Gasteiger partial charge in [-0.25, -0.2) is 8.78 Å². The molecule has 0 aliphatic heterocycles. The lowest BCUT2D eigenvalue weighted by molar-refractivity contribution is -0.384. The maximum atomic E-state index is 13.6. The maximum absolute atomic E-state index is 13.6. The van der Waals surface area contributed by atoms with Gasteiger partial charge in [-0.2, -0.15) is 0 Å². The summed E-state index contributed by atoms with van der Waals surface area (Å²) in [6, 6.07) is 6.73. The van der Waals surface area contributed by atoms with Crippen molar-refractivity contribution in [2.24, 2.45) is 0 Å². The number of nitro benzene ring substituents is 1. The largest absolute Gasteiger partial charge is 0.508 e. The summed E-state index contributed by atoms with van der Waals surface area (Å²) in [6.45, 7) is -0.147. The van der Waals surface area contributed by atoms with Crippen molar-refractivity contribution in [2.75, 3.05) is 5.32 Å². The molecule has 20 heavy (non-hydrogen) atoms. The lowest BCUT2D eigenvalue weighted by Gasteiger charge is -2.09. The Morgan fingerprint density at radius 3 is 2.70 bits per heavy atom. The first-order chi connectivity index (χ1) is 9.49. The summed E-state index contributed by atoms with van der Waals surface area (Å²) in [5.74, 6) is -1.55. The van der Waals surface area contributed by atoms with Crippen molar-refractivity contribution < 1.29 is 18.8 Å². The summed E-state index contributed by atoms with van der Waals surface area (Å²) in [5.41, 5.74) is -0.565. The molecule has 0 amide bonds. The molecule has 0 bridgehead atoms. The van der Waals surface area contributed by atoms with Gasteiger partial charge >= 0.3 is 0 Å². The monoisotopic (exact) mass is 280 g/mol. The molecule has 0 saturated heterocycles. The highest BCUT2D eigenvalue weighted by Gasteiger charge is 2.17. The smallest absolute Gasteiger partial charge is 0.295 e. The van der Waals surface area contributed by atoms with Crippen molar-refractivity contribution in [3.8, 4) is 5.75 Å². The molecular weight excluding hydrogens is 270 g/mol. The van der Waals surface area contributed by atoms with E-state index in [2.05, 4.69) is 5.32 Å². The molecule has 0 aliphatic rings. The zero-order valence-corrected chi connectivity index (χ0v) is 10.1. The number of nitrogens with zero attached hydrogens (tertiary/aromatic N) is 1. The molecule has 2 aromatic rings. The highest BCUT2D eigenvalue weighted by atomic mass is 19.1. The molecular formula is C13H10F2N2O3. The molecule has 2 aromatic carbocycles. The Kier molecular flexibility index (Phi) is 3.79. The Hall–Kier alpha value is -2.70. The van der Waals surface area contributed by atoms with Crippen LogP contribution in [0.15, 0.2) is 36.4 Å². The van der Waals surface area contributed by atoms with Gasteiger partial charge in [0.2, 0.25) is 0 Å². The number of aromatic hydroxyl groups is 1. The second-order valence-corrected chi connectivity index (χ2v) is 4.02. The molecule has 0 atom stereocenters. The molecule has 0 spiro atoms. The molecule has 0 radical (unpaired) electrons. The van der Waals surface area contributed by atoms with Crippen LogP contribution in [0.25, 0.3) is 0 Å². The van der Waals surface area contributed by atoms with E-state index in [1.54, 1.807) is 0 Å². The second-order valence-electron chi connectivity index (χ2n) is 4.02. The first kappa shape index (κ1) is 13.7. The number of anilines is 1. The summed E-state index contributed by atoms with van der Waals surface area (Å²) >= 11 is 0. The number of nitrogens with one attached hydrogen (secondary N) is 1. The van der Waals surface area contributed by atoms with Gasteiger partial charge in [0.25, 0.3) is 5.69 Å². The van der Waals surface area contributed by atoms with E-state index in [1.807, 2.05) is 0 Å². The summed E-state index contributed by atoms with van der Waals surface area (Å²) in [7, 11) is 0. The van der Waals surface area contributed by atoms with Crippen LogP contribution in [0, 0.1) is 21.7 Å². The van der Waals surface area contributed by atoms with Crippen molar-refractivity contribution in [2.45, 2.75) is 6.54 Å².